The predicted octanol–water partition coefficient (Wildman–Crippen LogP) is 1.88. The number of carbonyl (C=O) groups excluding carboxylic acids is 1. The van der Waals surface area contributed by atoms with Gasteiger partial charge in [-0.15, -0.1) is 0 Å². The van der Waals surface area contributed by atoms with Crippen molar-refractivity contribution in [3.63, 3.8) is 0 Å². The van der Waals surface area contributed by atoms with Crippen LogP contribution in [0.4, 0.5) is 4.79 Å². The average molecular weight is 277 g/mol. The third kappa shape index (κ3) is 2.91. The largest absolute Gasteiger partial charge is 0.453 e. The molecule has 108 valence electrons. The molecule has 0 saturated carbocycles. The van der Waals surface area contributed by atoms with Crippen LogP contribution in [0.2, 0.25) is 0 Å². The minimum atomic E-state index is -0.379. The summed E-state index contributed by atoms with van der Waals surface area (Å²) in [5.74, 6) is 0.816. The molecule has 1 aromatic carbocycles. The molecule has 1 aromatic heterocycles. The minimum Gasteiger partial charge on any atom is -0.453 e. The first-order chi connectivity index (χ1) is 9.67. The van der Waals surface area contributed by atoms with Crippen molar-refractivity contribution in [2.45, 2.75) is 13.1 Å². The van der Waals surface area contributed by atoms with Gasteiger partial charge in [-0.25, -0.2) is 9.78 Å². The maximum atomic E-state index is 11.5. The van der Waals surface area contributed by atoms with Crippen LogP contribution in [0.5, 0.6) is 0 Å². The second-order valence-corrected chi connectivity index (χ2v) is 4.49. The van der Waals surface area contributed by atoms with E-state index in [2.05, 4.69) is 9.55 Å². The molecule has 1 amide bonds. The van der Waals surface area contributed by atoms with Gasteiger partial charge in [-0.3, -0.25) is 0 Å². The molecule has 1 heterocycles. The van der Waals surface area contributed by atoms with Crippen LogP contribution < -0.4 is 0 Å². The molecule has 0 N–H and O–H groups in total. The summed E-state index contributed by atoms with van der Waals surface area (Å²) in [6.45, 7) is 1.68. The smallest absolute Gasteiger partial charge is 0.409 e. The Morgan fingerprint density at radius 1 is 1.35 bits per heavy atom. The van der Waals surface area contributed by atoms with Crippen molar-refractivity contribution < 1.29 is 14.3 Å². The Bertz CT molecular complexity index is 594. The lowest BCUT2D eigenvalue weighted by Gasteiger charge is -2.16. The fourth-order valence-electron chi connectivity index (χ4n) is 2.11. The molecule has 20 heavy (non-hydrogen) atoms. The molecular weight excluding hydrogens is 258 g/mol. The summed E-state index contributed by atoms with van der Waals surface area (Å²) in [4.78, 5) is 17.6. The molecule has 0 saturated heterocycles. The summed E-state index contributed by atoms with van der Waals surface area (Å²) in [5, 5.41) is 0. The lowest BCUT2D eigenvalue weighted by molar-refractivity contribution is 0.129. The van der Waals surface area contributed by atoms with E-state index in [9.17, 15) is 4.79 Å². The number of para-hydroxylation sites is 2. The van der Waals surface area contributed by atoms with Crippen LogP contribution in [0.25, 0.3) is 11.0 Å². The van der Waals surface area contributed by atoms with E-state index in [-0.39, 0.29) is 6.09 Å². The van der Waals surface area contributed by atoms with Crippen molar-refractivity contribution in [3.05, 3.63) is 30.1 Å². The summed E-state index contributed by atoms with van der Waals surface area (Å²) < 4.78 is 11.9. The zero-order valence-electron chi connectivity index (χ0n) is 12.0. The van der Waals surface area contributed by atoms with Crippen LogP contribution in [0, 0.1) is 0 Å². The first-order valence-electron chi connectivity index (χ1n) is 6.39. The monoisotopic (exact) mass is 277 g/mol. The van der Waals surface area contributed by atoms with Crippen molar-refractivity contribution in [2.24, 2.45) is 0 Å². The highest BCUT2D eigenvalue weighted by molar-refractivity contribution is 5.76. The molecule has 0 bridgehead atoms. The van der Waals surface area contributed by atoms with Crippen LogP contribution in [0.15, 0.2) is 24.3 Å². The molecule has 0 atom stereocenters. The summed E-state index contributed by atoms with van der Waals surface area (Å²) >= 11 is 0. The van der Waals surface area contributed by atoms with E-state index in [1.54, 1.807) is 14.2 Å². The molecule has 6 nitrogen and oxygen atoms in total. The fraction of sp³-hybridized carbons (Fsp3) is 0.429. The van der Waals surface area contributed by atoms with Crippen molar-refractivity contribution in [1.29, 1.82) is 0 Å². The minimum absolute atomic E-state index is 0.379. The van der Waals surface area contributed by atoms with Crippen LogP contribution in [-0.2, 0) is 22.6 Å². The number of aromatic nitrogens is 2. The van der Waals surface area contributed by atoms with Crippen LogP contribution in [-0.4, -0.2) is 48.4 Å². The van der Waals surface area contributed by atoms with Crippen LogP contribution in [0.3, 0.4) is 0 Å². The molecule has 0 spiro atoms. The quantitative estimate of drug-likeness (QED) is 0.837. The summed E-state index contributed by atoms with van der Waals surface area (Å²) in [5.41, 5.74) is 1.95. The Kier molecular flexibility index (Phi) is 4.57. The first kappa shape index (κ1) is 14.3. The topological polar surface area (TPSA) is 56.6 Å². The molecule has 2 aromatic rings. The van der Waals surface area contributed by atoms with Gasteiger partial charge in [-0.2, -0.15) is 0 Å². The SMILES string of the molecule is COCCn1c(CN(C)C(=O)OC)nc2ccccc21. The van der Waals surface area contributed by atoms with E-state index in [0.29, 0.717) is 19.7 Å². The summed E-state index contributed by atoms with van der Waals surface area (Å²) in [6, 6.07) is 7.89. The number of nitrogens with zero attached hydrogens (tertiary/aromatic N) is 3. The number of hydrogen-bond acceptors (Lipinski definition) is 4. The molecule has 0 aliphatic rings. The highest BCUT2D eigenvalue weighted by Crippen LogP contribution is 2.17. The standard InChI is InChI=1S/C14H19N3O3/c1-16(14(18)20-3)10-13-15-11-6-4-5-7-12(11)17(13)8-9-19-2/h4-7H,8-10H2,1-3H3. The highest BCUT2D eigenvalue weighted by Gasteiger charge is 2.15. The highest BCUT2D eigenvalue weighted by atomic mass is 16.5. The van der Waals surface area contributed by atoms with Crippen LogP contribution >= 0.6 is 0 Å². The predicted molar refractivity (Wildman–Crippen MR) is 75.5 cm³/mol. The summed E-state index contributed by atoms with van der Waals surface area (Å²) in [6.07, 6.45) is -0.379. The molecular formula is C14H19N3O3. The zero-order valence-corrected chi connectivity index (χ0v) is 12.0. The number of imidazole rings is 1. The van der Waals surface area contributed by atoms with Gasteiger partial charge in [0.05, 0.1) is 31.3 Å². The maximum absolute atomic E-state index is 11.5. The zero-order chi connectivity index (χ0) is 14.5. The molecule has 0 fully saturated rings. The molecule has 0 aliphatic heterocycles. The third-order valence-corrected chi connectivity index (χ3v) is 3.12. The number of hydrogen-bond donors (Lipinski definition) is 0. The van der Waals surface area contributed by atoms with Gasteiger partial charge in [-0.1, -0.05) is 12.1 Å². The van der Waals surface area contributed by atoms with E-state index in [0.717, 1.165) is 16.9 Å². The Labute approximate surface area is 117 Å². The number of rotatable bonds is 5. The van der Waals surface area contributed by atoms with Gasteiger partial charge in [0.25, 0.3) is 0 Å². The van der Waals surface area contributed by atoms with Gasteiger partial charge in [0.15, 0.2) is 0 Å². The van der Waals surface area contributed by atoms with E-state index in [1.165, 1.54) is 12.0 Å². The van der Waals surface area contributed by atoms with Gasteiger partial charge < -0.3 is 18.9 Å². The fourth-order valence-corrected chi connectivity index (χ4v) is 2.11. The molecule has 2 rings (SSSR count). The maximum Gasteiger partial charge on any atom is 0.409 e. The average Bonchev–Trinajstić information content (AvgIpc) is 2.81. The van der Waals surface area contributed by atoms with Gasteiger partial charge in [0.2, 0.25) is 0 Å². The van der Waals surface area contributed by atoms with Gasteiger partial charge >= 0.3 is 6.09 Å². The van der Waals surface area contributed by atoms with E-state index >= 15 is 0 Å². The Balaban J connectivity index is 2.33. The van der Waals surface area contributed by atoms with E-state index in [4.69, 9.17) is 9.47 Å². The Morgan fingerprint density at radius 2 is 2.10 bits per heavy atom. The van der Waals surface area contributed by atoms with Gasteiger partial charge in [0, 0.05) is 20.7 Å². The number of carbonyl (C=O) groups is 1. The Hall–Kier alpha value is -2.08. The molecule has 0 radical (unpaired) electrons. The van der Waals surface area contributed by atoms with Crippen LogP contribution in [0.1, 0.15) is 5.82 Å². The number of amides is 1. The van der Waals surface area contributed by atoms with Gasteiger partial charge in [-0.05, 0) is 12.1 Å². The second-order valence-electron chi connectivity index (χ2n) is 4.49. The molecule has 6 heteroatoms. The normalized spacial score (nSPS) is 10.8. The first-order valence-corrected chi connectivity index (χ1v) is 6.39. The number of benzene rings is 1. The van der Waals surface area contributed by atoms with E-state index < -0.39 is 0 Å². The number of fused-ring (bicyclic) bond motifs is 1. The number of methoxy groups -OCH3 is 2. The van der Waals surface area contributed by atoms with Crippen molar-refractivity contribution in [1.82, 2.24) is 14.5 Å². The number of ether oxygens (including phenoxy) is 2. The second kappa shape index (κ2) is 6.38. The molecule has 0 aliphatic carbocycles. The van der Waals surface area contributed by atoms with Crippen molar-refractivity contribution in [3.8, 4) is 0 Å². The Morgan fingerprint density at radius 3 is 2.80 bits per heavy atom. The third-order valence-electron chi connectivity index (χ3n) is 3.12. The van der Waals surface area contributed by atoms with Crippen molar-refractivity contribution in [2.75, 3.05) is 27.9 Å². The lowest BCUT2D eigenvalue weighted by Crippen LogP contribution is -2.27. The molecule has 0 unspecified atom stereocenters. The van der Waals surface area contributed by atoms with Crippen molar-refractivity contribution >= 4 is 17.1 Å². The summed E-state index contributed by atoms with van der Waals surface area (Å²) in [7, 11) is 4.72. The van der Waals surface area contributed by atoms with E-state index in [1.807, 2.05) is 24.3 Å². The van der Waals surface area contributed by atoms with Gasteiger partial charge in [0.1, 0.15) is 5.82 Å². The lowest BCUT2D eigenvalue weighted by atomic mass is 10.3.